The van der Waals surface area contributed by atoms with Gasteiger partial charge in [-0.1, -0.05) is 15.9 Å². The fourth-order valence-corrected chi connectivity index (χ4v) is 1.84. The number of phenolic OH excluding ortho intramolecular Hbond substituents is 1. The van der Waals surface area contributed by atoms with Crippen molar-refractivity contribution in [2.45, 2.75) is 26.6 Å². The highest BCUT2D eigenvalue weighted by molar-refractivity contribution is 9.10. The first-order valence-corrected chi connectivity index (χ1v) is 6.17. The van der Waals surface area contributed by atoms with Crippen LogP contribution in [0.5, 0.6) is 5.75 Å². The molecule has 90 valence electrons. The minimum absolute atomic E-state index is 0.271. The van der Waals surface area contributed by atoms with E-state index < -0.39 is 0 Å². The van der Waals surface area contributed by atoms with Crippen molar-refractivity contribution >= 4 is 15.9 Å². The van der Waals surface area contributed by atoms with Gasteiger partial charge in [0.2, 0.25) is 0 Å². The molecule has 0 saturated carbocycles. The highest BCUT2D eigenvalue weighted by Gasteiger charge is 2.12. The van der Waals surface area contributed by atoms with E-state index in [0.29, 0.717) is 19.6 Å². The van der Waals surface area contributed by atoms with Crippen LogP contribution in [-0.2, 0) is 15.9 Å². The minimum Gasteiger partial charge on any atom is -0.508 e. The summed E-state index contributed by atoms with van der Waals surface area (Å²) in [6.07, 6.45) is 0.252. The number of rotatable bonds is 6. The molecule has 0 aliphatic rings. The van der Waals surface area contributed by atoms with Crippen molar-refractivity contribution in [1.82, 2.24) is 0 Å². The molecule has 0 atom stereocenters. The fraction of sp³-hybridized carbons (Fsp3) is 0.500. The van der Waals surface area contributed by atoms with Crippen molar-refractivity contribution in [3.05, 3.63) is 28.2 Å². The van der Waals surface area contributed by atoms with Gasteiger partial charge in [0.25, 0.3) is 0 Å². The van der Waals surface area contributed by atoms with Crippen LogP contribution >= 0.6 is 15.9 Å². The van der Waals surface area contributed by atoms with Crippen molar-refractivity contribution in [2.24, 2.45) is 0 Å². The second kappa shape index (κ2) is 6.89. The van der Waals surface area contributed by atoms with Gasteiger partial charge >= 0.3 is 0 Å². The average Bonchev–Trinajstić information content (AvgIpc) is 2.24. The van der Waals surface area contributed by atoms with E-state index in [-0.39, 0.29) is 12.0 Å². The molecule has 0 fully saturated rings. The molecule has 0 saturated heterocycles. The highest BCUT2D eigenvalue weighted by atomic mass is 79.9. The predicted molar refractivity (Wildman–Crippen MR) is 66.6 cm³/mol. The number of aromatic hydroxyl groups is 1. The summed E-state index contributed by atoms with van der Waals surface area (Å²) in [5.74, 6) is 0.271. The second-order valence-electron chi connectivity index (χ2n) is 3.32. The maximum atomic E-state index is 9.69. The van der Waals surface area contributed by atoms with E-state index in [0.717, 1.165) is 10.0 Å². The lowest BCUT2D eigenvalue weighted by molar-refractivity contribution is -0.134. The summed E-state index contributed by atoms with van der Waals surface area (Å²) in [5.41, 5.74) is 0.821. The largest absolute Gasteiger partial charge is 0.508 e. The summed E-state index contributed by atoms with van der Waals surface area (Å²) in [4.78, 5) is 0. The molecule has 3 nitrogen and oxygen atoms in total. The molecule has 0 unspecified atom stereocenters. The van der Waals surface area contributed by atoms with Gasteiger partial charge < -0.3 is 14.6 Å². The van der Waals surface area contributed by atoms with E-state index in [1.807, 2.05) is 19.9 Å². The standard InChI is InChI=1S/C12H17BrO3/c1-3-15-12(16-4-2)8-9-7-10(13)5-6-11(9)14/h5-7,12,14H,3-4,8H2,1-2H3. The Hall–Kier alpha value is -0.580. The fourth-order valence-electron chi connectivity index (χ4n) is 1.43. The maximum absolute atomic E-state index is 9.69. The number of phenols is 1. The van der Waals surface area contributed by atoms with Gasteiger partial charge in [-0.15, -0.1) is 0 Å². The van der Waals surface area contributed by atoms with E-state index in [9.17, 15) is 5.11 Å². The normalized spacial score (nSPS) is 11.0. The van der Waals surface area contributed by atoms with Crippen molar-refractivity contribution in [3.8, 4) is 5.75 Å². The van der Waals surface area contributed by atoms with Crippen LogP contribution in [0.15, 0.2) is 22.7 Å². The van der Waals surface area contributed by atoms with Crippen LogP contribution in [-0.4, -0.2) is 24.6 Å². The number of ether oxygens (including phenoxy) is 2. The zero-order valence-corrected chi connectivity index (χ0v) is 11.2. The molecule has 0 aliphatic heterocycles. The third-order valence-corrected chi connectivity index (χ3v) is 2.63. The molecule has 1 N–H and O–H groups in total. The molecule has 0 aromatic heterocycles. The lowest BCUT2D eigenvalue weighted by atomic mass is 10.1. The van der Waals surface area contributed by atoms with Crippen LogP contribution < -0.4 is 0 Å². The van der Waals surface area contributed by atoms with Crippen molar-refractivity contribution in [1.29, 1.82) is 0 Å². The Kier molecular flexibility index (Phi) is 5.80. The summed E-state index contributed by atoms with van der Waals surface area (Å²) < 4.78 is 11.8. The molecule has 1 aromatic carbocycles. The lowest BCUT2D eigenvalue weighted by Crippen LogP contribution is -2.20. The Bertz CT molecular complexity index is 322. The Labute approximate surface area is 105 Å². The van der Waals surface area contributed by atoms with Crippen LogP contribution in [0.4, 0.5) is 0 Å². The molecular formula is C12H17BrO3. The Morgan fingerprint density at radius 1 is 1.25 bits per heavy atom. The summed E-state index contributed by atoms with van der Waals surface area (Å²) in [7, 11) is 0. The van der Waals surface area contributed by atoms with Gasteiger partial charge in [0.1, 0.15) is 5.75 Å². The molecular weight excluding hydrogens is 272 g/mol. The van der Waals surface area contributed by atoms with Crippen LogP contribution in [0.3, 0.4) is 0 Å². The molecule has 0 amide bonds. The Morgan fingerprint density at radius 3 is 2.44 bits per heavy atom. The van der Waals surface area contributed by atoms with Crippen molar-refractivity contribution in [2.75, 3.05) is 13.2 Å². The molecule has 4 heteroatoms. The first-order chi connectivity index (χ1) is 7.67. The van der Waals surface area contributed by atoms with Crippen LogP contribution in [0, 0.1) is 0 Å². The molecule has 0 aliphatic carbocycles. The van der Waals surface area contributed by atoms with Gasteiger partial charge in [0.15, 0.2) is 6.29 Å². The summed E-state index contributed by atoms with van der Waals surface area (Å²) in [5, 5.41) is 9.69. The molecule has 1 aromatic rings. The van der Waals surface area contributed by atoms with Crippen LogP contribution in [0.25, 0.3) is 0 Å². The molecule has 0 radical (unpaired) electrons. The average molecular weight is 289 g/mol. The third kappa shape index (κ3) is 4.12. The molecule has 0 heterocycles. The Balaban J connectivity index is 2.71. The van der Waals surface area contributed by atoms with E-state index >= 15 is 0 Å². The molecule has 0 spiro atoms. The summed E-state index contributed by atoms with van der Waals surface area (Å²) >= 11 is 3.37. The lowest BCUT2D eigenvalue weighted by Gasteiger charge is -2.17. The number of hydrogen-bond donors (Lipinski definition) is 1. The zero-order chi connectivity index (χ0) is 12.0. The monoisotopic (exact) mass is 288 g/mol. The third-order valence-electron chi connectivity index (χ3n) is 2.13. The predicted octanol–water partition coefficient (Wildman–Crippen LogP) is 3.10. The quantitative estimate of drug-likeness (QED) is 0.818. The van der Waals surface area contributed by atoms with Gasteiger partial charge in [-0.2, -0.15) is 0 Å². The number of benzene rings is 1. The summed E-state index contributed by atoms with van der Waals surface area (Å²) in [6.45, 7) is 5.04. The van der Waals surface area contributed by atoms with E-state index in [2.05, 4.69) is 15.9 Å². The first-order valence-electron chi connectivity index (χ1n) is 5.38. The minimum atomic E-state index is -0.296. The number of hydrogen-bond acceptors (Lipinski definition) is 3. The Morgan fingerprint density at radius 2 is 1.88 bits per heavy atom. The van der Waals surface area contributed by atoms with E-state index in [1.165, 1.54) is 0 Å². The topological polar surface area (TPSA) is 38.7 Å². The van der Waals surface area contributed by atoms with Gasteiger partial charge in [0, 0.05) is 29.7 Å². The van der Waals surface area contributed by atoms with Gasteiger partial charge in [-0.3, -0.25) is 0 Å². The molecule has 16 heavy (non-hydrogen) atoms. The molecule has 0 bridgehead atoms. The van der Waals surface area contributed by atoms with Gasteiger partial charge in [-0.25, -0.2) is 0 Å². The first kappa shape index (κ1) is 13.5. The van der Waals surface area contributed by atoms with Gasteiger partial charge in [0.05, 0.1) is 0 Å². The van der Waals surface area contributed by atoms with Crippen LogP contribution in [0.1, 0.15) is 19.4 Å². The van der Waals surface area contributed by atoms with E-state index in [1.54, 1.807) is 12.1 Å². The zero-order valence-electron chi connectivity index (χ0n) is 9.57. The molecule has 1 rings (SSSR count). The highest BCUT2D eigenvalue weighted by Crippen LogP contribution is 2.23. The smallest absolute Gasteiger partial charge is 0.161 e. The second-order valence-corrected chi connectivity index (χ2v) is 4.23. The summed E-state index contributed by atoms with van der Waals surface area (Å²) in [6, 6.07) is 5.34. The number of halogens is 1. The maximum Gasteiger partial charge on any atom is 0.161 e. The SMILES string of the molecule is CCOC(Cc1cc(Br)ccc1O)OCC. The van der Waals surface area contributed by atoms with Crippen molar-refractivity contribution in [3.63, 3.8) is 0 Å². The van der Waals surface area contributed by atoms with E-state index in [4.69, 9.17) is 9.47 Å². The van der Waals surface area contributed by atoms with Crippen molar-refractivity contribution < 1.29 is 14.6 Å². The van der Waals surface area contributed by atoms with Gasteiger partial charge in [-0.05, 0) is 32.0 Å². The van der Waals surface area contributed by atoms with Crippen LogP contribution in [0.2, 0.25) is 0 Å².